The van der Waals surface area contributed by atoms with Crippen molar-refractivity contribution in [2.45, 2.75) is 0 Å². The van der Waals surface area contributed by atoms with Crippen LogP contribution in [0.3, 0.4) is 0 Å². The summed E-state index contributed by atoms with van der Waals surface area (Å²) in [6, 6.07) is 11.7. The first-order valence-electron chi connectivity index (χ1n) is 5.43. The molecule has 0 heterocycles. The molecule has 0 spiro atoms. The van der Waals surface area contributed by atoms with Gasteiger partial charge in [-0.05, 0) is 48.0 Å². The summed E-state index contributed by atoms with van der Waals surface area (Å²) in [5.74, 6) is -1.14. The Bertz CT molecular complexity index is 626. The normalized spacial score (nSPS) is 10.0. The van der Waals surface area contributed by atoms with Crippen LogP contribution < -0.4 is 5.32 Å². The topological polar surface area (TPSA) is 46.2 Å². The zero-order valence-corrected chi connectivity index (χ0v) is 10.4. The second-order valence-corrected chi connectivity index (χ2v) is 4.13. The lowest BCUT2D eigenvalue weighted by Gasteiger charge is -2.06. The molecule has 0 fully saturated rings. The van der Waals surface area contributed by atoms with Crippen LogP contribution in [0.15, 0.2) is 48.5 Å². The lowest BCUT2D eigenvalue weighted by atomic mass is 10.2. The van der Waals surface area contributed by atoms with Gasteiger partial charge in [0.05, 0.1) is 5.56 Å². The SMILES string of the molecule is O=C(Cl)c1ccc(NC(=O)c2ccccc2F)cc1. The molecule has 3 nitrogen and oxygen atoms in total. The van der Waals surface area contributed by atoms with Crippen LogP contribution >= 0.6 is 11.6 Å². The van der Waals surface area contributed by atoms with Crippen molar-refractivity contribution >= 4 is 28.4 Å². The van der Waals surface area contributed by atoms with Gasteiger partial charge in [0, 0.05) is 11.3 Å². The lowest BCUT2D eigenvalue weighted by molar-refractivity contribution is 0.102. The van der Waals surface area contributed by atoms with E-state index in [9.17, 15) is 14.0 Å². The predicted molar refractivity (Wildman–Crippen MR) is 71.0 cm³/mol. The molecule has 0 bridgehead atoms. The monoisotopic (exact) mass is 277 g/mol. The Balaban J connectivity index is 2.15. The number of benzene rings is 2. The molecular formula is C14H9ClFNO2. The van der Waals surface area contributed by atoms with Crippen LogP contribution in [0.5, 0.6) is 0 Å². The maximum Gasteiger partial charge on any atom is 0.258 e. The molecule has 0 aliphatic heterocycles. The fourth-order valence-electron chi connectivity index (χ4n) is 1.53. The Morgan fingerprint density at radius 2 is 1.63 bits per heavy atom. The van der Waals surface area contributed by atoms with E-state index in [0.29, 0.717) is 11.3 Å². The number of hydrogen-bond acceptors (Lipinski definition) is 2. The quantitative estimate of drug-likeness (QED) is 0.874. The smallest absolute Gasteiger partial charge is 0.258 e. The molecule has 0 atom stereocenters. The Morgan fingerprint density at radius 1 is 1.00 bits per heavy atom. The van der Waals surface area contributed by atoms with E-state index in [0.717, 1.165) is 0 Å². The van der Waals surface area contributed by atoms with Gasteiger partial charge in [0.15, 0.2) is 0 Å². The first-order valence-corrected chi connectivity index (χ1v) is 5.81. The van der Waals surface area contributed by atoms with Gasteiger partial charge in [0.2, 0.25) is 0 Å². The van der Waals surface area contributed by atoms with Crippen molar-refractivity contribution in [3.63, 3.8) is 0 Å². The Hall–Kier alpha value is -2.20. The second kappa shape index (κ2) is 5.63. The van der Waals surface area contributed by atoms with Gasteiger partial charge in [-0.1, -0.05) is 12.1 Å². The number of amides is 1. The van der Waals surface area contributed by atoms with Crippen LogP contribution in [0.4, 0.5) is 10.1 Å². The average Bonchev–Trinajstić information content (AvgIpc) is 2.39. The van der Waals surface area contributed by atoms with Gasteiger partial charge in [0.1, 0.15) is 5.82 Å². The van der Waals surface area contributed by atoms with Crippen LogP contribution in [-0.2, 0) is 0 Å². The molecule has 19 heavy (non-hydrogen) atoms. The highest BCUT2D eigenvalue weighted by Gasteiger charge is 2.11. The number of anilines is 1. The van der Waals surface area contributed by atoms with E-state index in [4.69, 9.17) is 11.6 Å². The van der Waals surface area contributed by atoms with E-state index >= 15 is 0 Å². The van der Waals surface area contributed by atoms with Crippen LogP contribution in [0.1, 0.15) is 20.7 Å². The van der Waals surface area contributed by atoms with E-state index in [1.807, 2.05) is 0 Å². The Labute approximate surface area is 114 Å². The van der Waals surface area contributed by atoms with E-state index < -0.39 is 17.0 Å². The third kappa shape index (κ3) is 3.17. The second-order valence-electron chi connectivity index (χ2n) is 3.79. The molecule has 1 N–H and O–H groups in total. The summed E-state index contributed by atoms with van der Waals surface area (Å²) in [6.45, 7) is 0. The number of carbonyl (C=O) groups is 2. The maximum atomic E-state index is 13.4. The zero-order valence-electron chi connectivity index (χ0n) is 9.69. The van der Waals surface area contributed by atoms with Crippen molar-refractivity contribution in [2.24, 2.45) is 0 Å². The first-order chi connectivity index (χ1) is 9.08. The molecule has 0 saturated carbocycles. The van der Waals surface area contributed by atoms with Crippen LogP contribution in [-0.4, -0.2) is 11.1 Å². The van der Waals surface area contributed by atoms with Gasteiger partial charge < -0.3 is 5.32 Å². The van der Waals surface area contributed by atoms with Crippen molar-refractivity contribution in [1.29, 1.82) is 0 Å². The van der Waals surface area contributed by atoms with Crippen molar-refractivity contribution in [1.82, 2.24) is 0 Å². The predicted octanol–water partition coefficient (Wildman–Crippen LogP) is 3.46. The summed E-state index contributed by atoms with van der Waals surface area (Å²) in [5.41, 5.74) is 0.737. The van der Waals surface area contributed by atoms with Crippen molar-refractivity contribution in [2.75, 3.05) is 5.32 Å². The molecule has 2 rings (SSSR count). The van der Waals surface area contributed by atoms with Gasteiger partial charge in [0.25, 0.3) is 11.1 Å². The van der Waals surface area contributed by atoms with Gasteiger partial charge in [-0.3, -0.25) is 9.59 Å². The van der Waals surface area contributed by atoms with Crippen molar-refractivity contribution < 1.29 is 14.0 Å². The van der Waals surface area contributed by atoms with Gasteiger partial charge in [-0.25, -0.2) is 4.39 Å². The van der Waals surface area contributed by atoms with E-state index in [2.05, 4.69) is 5.32 Å². The van der Waals surface area contributed by atoms with E-state index in [1.54, 1.807) is 6.07 Å². The van der Waals surface area contributed by atoms with Gasteiger partial charge >= 0.3 is 0 Å². The minimum atomic E-state index is -0.590. The van der Waals surface area contributed by atoms with Crippen LogP contribution in [0, 0.1) is 5.82 Å². The summed E-state index contributed by atoms with van der Waals surface area (Å²) in [6.07, 6.45) is 0. The van der Waals surface area contributed by atoms with Crippen LogP contribution in [0.25, 0.3) is 0 Å². The molecule has 96 valence electrons. The highest BCUT2D eigenvalue weighted by molar-refractivity contribution is 6.67. The third-order valence-corrected chi connectivity index (χ3v) is 2.71. The van der Waals surface area contributed by atoms with Crippen molar-refractivity contribution in [3.05, 3.63) is 65.5 Å². The molecule has 0 radical (unpaired) electrons. The molecule has 0 aliphatic rings. The molecule has 0 aliphatic carbocycles. The minimum absolute atomic E-state index is 0.0417. The molecule has 1 amide bonds. The lowest BCUT2D eigenvalue weighted by Crippen LogP contribution is -2.13. The zero-order chi connectivity index (χ0) is 13.8. The average molecular weight is 278 g/mol. The van der Waals surface area contributed by atoms with Gasteiger partial charge in [-0.2, -0.15) is 0 Å². The summed E-state index contributed by atoms with van der Waals surface area (Å²) in [4.78, 5) is 22.7. The summed E-state index contributed by atoms with van der Waals surface area (Å²) in [5, 5.41) is 1.95. The third-order valence-electron chi connectivity index (χ3n) is 2.49. The van der Waals surface area contributed by atoms with Crippen molar-refractivity contribution in [3.8, 4) is 0 Å². The Kier molecular flexibility index (Phi) is 3.92. The molecular weight excluding hydrogens is 269 g/mol. The molecule has 0 unspecified atom stereocenters. The van der Waals surface area contributed by atoms with Crippen LogP contribution in [0.2, 0.25) is 0 Å². The number of hydrogen-bond donors (Lipinski definition) is 1. The summed E-state index contributed by atoms with van der Waals surface area (Å²) in [7, 11) is 0. The number of nitrogens with one attached hydrogen (secondary N) is 1. The maximum absolute atomic E-state index is 13.4. The largest absolute Gasteiger partial charge is 0.322 e. The number of halogens is 2. The molecule has 0 aromatic heterocycles. The highest BCUT2D eigenvalue weighted by atomic mass is 35.5. The number of rotatable bonds is 3. The standard InChI is InChI=1S/C14H9ClFNO2/c15-13(18)9-5-7-10(8-6-9)17-14(19)11-3-1-2-4-12(11)16/h1-8H,(H,17,19). The van der Waals surface area contributed by atoms with Gasteiger partial charge in [-0.15, -0.1) is 0 Å². The highest BCUT2D eigenvalue weighted by Crippen LogP contribution is 2.14. The fourth-order valence-corrected chi connectivity index (χ4v) is 1.65. The van der Waals surface area contributed by atoms with E-state index in [1.165, 1.54) is 42.5 Å². The summed E-state index contributed by atoms with van der Waals surface area (Å²) < 4.78 is 13.4. The fraction of sp³-hybridized carbons (Fsp3) is 0. The molecule has 2 aromatic carbocycles. The first kappa shape index (κ1) is 13.2. The molecule has 2 aromatic rings. The molecule has 0 saturated heterocycles. The number of carbonyl (C=O) groups excluding carboxylic acids is 2. The summed E-state index contributed by atoms with van der Waals surface area (Å²) >= 11 is 5.30. The van der Waals surface area contributed by atoms with E-state index in [-0.39, 0.29) is 5.56 Å². The Morgan fingerprint density at radius 3 is 2.21 bits per heavy atom. The minimum Gasteiger partial charge on any atom is -0.322 e. The molecule has 5 heteroatoms.